The fourth-order valence-electron chi connectivity index (χ4n) is 2.82. The Morgan fingerprint density at radius 1 is 1.04 bits per heavy atom. The van der Waals surface area contributed by atoms with E-state index in [4.69, 9.17) is 4.74 Å². The number of carbonyl (C=O) groups excluding carboxylic acids is 1. The van der Waals surface area contributed by atoms with Gasteiger partial charge in [0.1, 0.15) is 5.75 Å². The van der Waals surface area contributed by atoms with E-state index < -0.39 is 0 Å². The van der Waals surface area contributed by atoms with Crippen LogP contribution in [-0.4, -0.2) is 60.0 Å². The number of halogens is 2. The van der Waals surface area contributed by atoms with Gasteiger partial charge in [-0.05, 0) is 48.4 Å². The van der Waals surface area contributed by atoms with Crippen LogP contribution in [0, 0.1) is 0 Å². The molecule has 0 radical (unpaired) electrons. The Bertz CT molecular complexity index is 677. The summed E-state index contributed by atoms with van der Waals surface area (Å²) in [5.41, 5.74) is 1.30. The molecule has 2 aromatic rings. The number of carbonyl (C=O) groups is 1. The minimum atomic E-state index is 0. The van der Waals surface area contributed by atoms with Crippen molar-refractivity contribution in [3.05, 3.63) is 58.8 Å². The Hall–Kier alpha value is -1.63. The van der Waals surface area contributed by atoms with Crippen LogP contribution in [0.25, 0.3) is 0 Å². The fourth-order valence-corrected chi connectivity index (χ4v) is 3.09. The molecule has 1 saturated heterocycles. The number of nitrogens with zero attached hydrogens (tertiary/aromatic N) is 3. The molecule has 7 heteroatoms. The van der Waals surface area contributed by atoms with Gasteiger partial charge >= 0.3 is 0 Å². The highest BCUT2D eigenvalue weighted by molar-refractivity contribution is 9.10. The molecule has 26 heavy (non-hydrogen) atoms. The van der Waals surface area contributed by atoms with Gasteiger partial charge in [0.05, 0.1) is 0 Å². The number of benzene rings is 1. The summed E-state index contributed by atoms with van der Waals surface area (Å²) in [5, 5.41) is 0. The number of amides is 1. The molecule has 1 aromatic heterocycles. The molecule has 5 nitrogen and oxygen atoms in total. The zero-order chi connectivity index (χ0) is 17.5. The summed E-state index contributed by atoms with van der Waals surface area (Å²) in [6.45, 7) is 4.46. The van der Waals surface area contributed by atoms with E-state index in [2.05, 4.69) is 37.9 Å². The average molecular weight is 441 g/mol. The molecule has 1 aromatic carbocycles. The first-order valence-electron chi connectivity index (χ1n) is 8.48. The predicted molar refractivity (Wildman–Crippen MR) is 108 cm³/mol. The van der Waals surface area contributed by atoms with Gasteiger partial charge in [0.15, 0.2) is 6.61 Å². The van der Waals surface area contributed by atoms with Gasteiger partial charge in [-0.25, -0.2) is 0 Å². The topological polar surface area (TPSA) is 45.7 Å². The third-order valence-corrected chi connectivity index (χ3v) is 4.90. The van der Waals surface area contributed by atoms with Crippen molar-refractivity contribution >= 4 is 34.2 Å². The molecule has 0 bridgehead atoms. The Balaban J connectivity index is 0.00000243. The monoisotopic (exact) mass is 439 g/mol. The Labute approximate surface area is 168 Å². The van der Waals surface area contributed by atoms with Crippen molar-refractivity contribution in [3.63, 3.8) is 0 Å². The van der Waals surface area contributed by atoms with Crippen molar-refractivity contribution in [3.8, 4) is 5.75 Å². The van der Waals surface area contributed by atoms with Crippen molar-refractivity contribution < 1.29 is 9.53 Å². The van der Waals surface area contributed by atoms with Crippen LogP contribution in [-0.2, 0) is 11.2 Å². The summed E-state index contributed by atoms with van der Waals surface area (Å²) in [4.78, 5) is 20.6. The van der Waals surface area contributed by atoms with E-state index in [1.807, 2.05) is 41.6 Å². The van der Waals surface area contributed by atoms with Crippen LogP contribution in [0.3, 0.4) is 0 Å². The lowest BCUT2D eigenvalue weighted by Gasteiger charge is -2.34. The molecule has 1 aliphatic heterocycles. The second-order valence-electron chi connectivity index (χ2n) is 6.07. The summed E-state index contributed by atoms with van der Waals surface area (Å²) in [7, 11) is 0. The van der Waals surface area contributed by atoms with Crippen LogP contribution < -0.4 is 4.74 Å². The second kappa shape index (κ2) is 10.5. The first kappa shape index (κ1) is 20.7. The van der Waals surface area contributed by atoms with Crippen LogP contribution in [0.5, 0.6) is 5.75 Å². The van der Waals surface area contributed by atoms with Crippen molar-refractivity contribution in [2.24, 2.45) is 0 Å². The molecule has 0 spiro atoms. The number of ether oxygens (including phenoxy) is 1. The number of pyridine rings is 1. The maximum atomic E-state index is 12.3. The fraction of sp³-hybridized carbons (Fsp3) is 0.368. The highest BCUT2D eigenvalue weighted by Crippen LogP contribution is 2.16. The lowest BCUT2D eigenvalue weighted by Crippen LogP contribution is -2.50. The maximum absolute atomic E-state index is 12.3. The molecule has 0 saturated carbocycles. The number of hydrogen-bond donors (Lipinski definition) is 0. The lowest BCUT2D eigenvalue weighted by molar-refractivity contribution is -0.135. The molecule has 0 atom stereocenters. The summed E-state index contributed by atoms with van der Waals surface area (Å²) in [6.07, 6.45) is 4.68. The Morgan fingerprint density at radius 2 is 1.69 bits per heavy atom. The molecule has 2 heterocycles. The quantitative estimate of drug-likeness (QED) is 0.693. The van der Waals surface area contributed by atoms with E-state index >= 15 is 0 Å². The Morgan fingerprint density at radius 3 is 2.35 bits per heavy atom. The number of hydrogen-bond acceptors (Lipinski definition) is 4. The van der Waals surface area contributed by atoms with Gasteiger partial charge in [0.2, 0.25) is 0 Å². The largest absolute Gasteiger partial charge is 0.484 e. The normalized spacial score (nSPS) is 14.6. The molecular formula is C19H23BrClN3O2. The summed E-state index contributed by atoms with van der Waals surface area (Å²) in [5.74, 6) is 0.768. The molecule has 0 aliphatic carbocycles. The Kier molecular flexibility index (Phi) is 8.35. The standard InChI is InChI=1S/C19H22BrN3O2.ClH/c20-17-1-3-18(4-2-17)25-15-19(24)23-13-11-22(12-14-23)10-7-16-5-8-21-9-6-16;/h1-6,8-9H,7,10-15H2;1H. The molecule has 0 unspecified atom stereocenters. The predicted octanol–water partition coefficient (Wildman–Crippen LogP) is 3.03. The molecule has 140 valence electrons. The summed E-state index contributed by atoms with van der Waals surface area (Å²) in [6, 6.07) is 11.6. The van der Waals surface area contributed by atoms with Crippen LogP contribution in [0.1, 0.15) is 5.56 Å². The molecule has 0 N–H and O–H groups in total. The zero-order valence-electron chi connectivity index (χ0n) is 14.5. The van der Waals surface area contributed by atoms with Gasteiger partial charge in [0.25, 0.3) is 5.91 Å². The zero-order valence-corrected chi connectivity index (χ0v) is 16.9. The number of aromatic nitrogens is 1. The molecule has 1 aliphatic rings. The highest BCUT2D eigenvalue weighted by atomic mass is 79.9. The van der Waals surface area contributed by atoms with Crippen molar-refractivity contribution in [1.29, 1.82) is 0 Å². The SMILES string of the molecule is Cl.O=C(COc1ccc(Br)cc1)N1CCN(CCc2ccncc2)CC1. The molecule has 1 fully saturated rings. The number of rotatable bonds is 6. The first-order valence-corrected chi connectivity index (χ1v) is 9.27. The van der Waals surface area contributed by atoms with Gasteiger partial charge in [-0.2, -0.15) is 0 Å². The van der Waals surface area contributed by atoms with E-state index in [9.17, 15) is 4.79 Å². The smallest absolute Gasteiger partial charge is 0.260 e. The van der Waals surface area contributed by atoms with Crippen LogP contribution >= 0.6 is 28.3 Å². The van der Waals surface area contributed by atoms with Gasteiger partial charge < -0.3 is 9.64 Å². The van der Waals surface area contributed by atoms with E-state index in [1.165, 1.54) is 5.56 Å². The van der Waals surface area contributed by atoms with E-state index in [0.29, 0.717) is 5.75 Å². The van der Waals surface area contributed by atoms with E-state index in [-0.39, 0.29) is 24.9 Å². The van der Waals surface area contributed by atoms with Crippen LogP contribution in [0.15, 0.2) is 53.3 Å². The van der Waals surface area contributed by atoms with E-state index in [1.54, 1.807) is 0 Å². The van der Waals surface area contributed by atoms with Gasteiger partial charge in [-0.1, -0.05) is 15.9 Å². The third-order valence-electron chi connectivity index (χ3n) is 4.37. The maximum Gasteiger partial charge on any atom is 0.260 e. The minimum Gasteiger partial charge on any atom is -0.484 e. The van der Waals surface area contributed by atoms with Crippen molar-refractivity contribution in [1.82, 2.24) is 14.8 Å². The van der Waals surface area contributed by atoms with Gasteiger partial charge in [-0.3, -0.25) is 14.7 Å². The van der Waals surface area contributed by atoms with E-state index in [0.717, 1.165) is 43.6 Å². The molecule has 1 amide bonds. The molecule has 3 rings (SSSR count). The first-order chi connectivity index (χ1) is 12.2. The third kappa shape index (κ3) is 6.27. The molecular weight excluding hydrogens is 418 g/mol. The second-order valence-corrected chi connectivity index (χ2v) is 6.99. The summed E-state index contributed by atoms with van der Waals surface area (Å²) >= 11 is 3.38. The highest BCUT2D eigenvalue weighted by Gasteiger charge is 2.21. The van der Waals surface area contributed by atoms with Crippen molar-refractivity contribution in [2.45, 2.75) is 6.42 Å². The summed E-state index contributed by atoms with van der Waals surface area (Å²) < 4.78 is 6.57. The van der Waals surface area contributed by atoms with Gasteiger partial charge in [0, 0.05) is 49.6 Å². The van der Waals surface area contributed by atoms with Crippen molar-refractivity contribution in [2.75, 3.05) is 39.3 Å². The van der Waals surface area contributed by atoms with Gasteiger partial charge in [-0.15, -0.1) is 12.4 Å². The van der Waals surface area contributed by atoms with Crippen LogP contribution in [0.4, 0.5) is 0 Å². The number of piperazine rings is 1. The average Bonchev–Trinajstić information content (AvgIpc) is 2.67. The minimum absolute atomic E-state index is 0. The lowest BCUT2D eigenvalue weighted by atomic mass is 10.2. The van der Waals surface area contributed by atoms with Crippen LogP contribution in [0.2, 0.25) is 0 Å².